The Morgan fingerprint density at radius 1 is 1.23 bits per heavy atom. The molecule has 1 heterocycles. The fraction of sp³-hybridized carbons (Fsp3) is 0.188. The predicted molar refractivity (Wildman–Crippen MR) is 78.0 cm³/mol. The molecule has 3 N–H and O–H groups in total. The molecular formula is C16H14FN4O+. The number of rotatable bonds is 4. The first-order valence-corrected chi connectivity index (χ1v) is 6.70. The van der Waals surface area contributed by atoms with Crippen molar-refractivity contribution < 1.29 is 14.1 Å². The molecule has 22 heavy (non-hydrogen) atoms. The third kappa shape index (κ3) is 2.68. The number of nitrogens with two attached hydrogens (primary N) is 1. The Bertz CT molecular complexity index is 790. The number of pyridine rings is 1. The van der Waals surface area contributed by atoms with Gasteiger partial charge < -0.3 is 4.74 Å². The summed E-state index contributed by atoms with van der Waals surface area (Å²) in [6, 6.07) is 9.80. The second-order valence-electron chi connectivity index (χ2n) is 4.54. The second-order valence-corrected chi connectivity index (χ2v) is 4.54. The highest BCUT2D eigenvalue weighted by atomic mass is 19.1. The maximum atomic E-state index is 14.1. The van der Waals surface area contributed by atoms with Crippen molar-refractivity contribution in [2.24, 2.45) is 0 Å². The Balaban J connectivity index is 2.81. The number of nitrogens with one attached hydrogen (secondary N) is 1. The van der Waals surface area contributed by atoms with Crippen molar-refractivity contribution in [2.75, 3.05) is 12.3 Å². The molecule has 0 unspecified atom stereocenters. The minimum atomic E-state index is -0.539. The molecule has 0 bridgehead atoms. The molecule has 0 atom stereocenters. The van der Waals surface area contributed by atoms with E-state index in [1.807, 2.05) is 19.1 Å². The zero-order valence-corrected chi connectivity index (χ0v) is 12.0. The Labute approximate surface area is 127 Å². The molecule has 2 aromatic rings. The fourth-order valence-corrected chi connectivity index (χ4v) is 2.09. The summed E-state index contributed by atoms with van der Waals surface area (Å²) in [5.74, 6) is -0.368. The van der Waals surface area contributed by atoms with Gasteiger partial charge in [-0.1, -0.05) is 25.1 Å². The molecule has 5 nitrogen and oxygen atoms in total. The van der Waals surface area contributed by atoms with Crippen LogP contribution in [-0.2, 0) is 0 Å². The van der Waals surface area contributed by atoms with Crippen LogP contribution >= 0.6 is 0 Å². The first-order valence-electron chi connectivity index (χ1n) is 6.70. The van der Waals surface area contributed by atoms with Crippen LogP contribution in [0.25, 0.3) is 11.1 Å². The minimum absolute atomic E-state index is 0.0190. The van der Waals surface area contributed by atoms with Gasteiger partial charge in [0.25, 0.3) is 5.82 Å². The van der Waals surface area contributed by atoms with E-state index < -0.39 is 5.82 Å². The number of anilines is 1. The summed E-state index contributed by atoms with van der Waals surface area (Å²) in [5.41, 5.74) is 6.18. The van der Waals surface area contributed by atoms with Crippen LogP contribution in [0.15, 0.2) is 24.3 Å². The van der Waals surface area contributed by atoms with E-state index in [4.69, 9.17) is 10.5 Å². The number of ether oxygens (including phenoxy) is 1. The molecular weight excluding hydrogens is 283 g/mol. The Morgan fingerprint density at radius 3 is 2.50 bits per heavy atom. The summed E-state index contributed by atoms with van der Waals surface area (Å²) < 4.78 is 19.6. The number of aromatic nitrogens is 1. The normalized spacial score (nSPS) is 9.82. The number of aromatic amines is 1. The lowest BCUT2D eigenvalue weighted by molar-refractivity contribution is -0.378. The van der Waals surface area contributed by atoms with Crippen molar-refractivity contribution in [2.45, 2.75) is 13.3 Å². The molecule has 2 rings (SSSR count). The van der Waals surface area contributed by atoms with Gasteiger partial charge >= 0.3 is 5.88 Å². The van der Waals surface area contributed by atoms with Crippen LogP contribution in [0.4, 0.5) is 10.2 Å². The first-order chi connectivity index (χ1) is 10.6. The second kappa shape index (κ2) is 6.55. The van der Waals surface area contributed by atoms with E-state index in [0.717, 1.165) is 6.42 Å². The van der Waals surface area contributed by atoms with E-state index in [1.165, 1.54) is 18.2 Å². The van der Waals surface area contributed by atoms with Crippen LogP contribution in [0.2, 0.25) is 0 Å². The summed E-state index contributed by atoms with van der Waals surface area (Å²) in [6.45, 7) is 2.28. The highest BCUT2D eigenvalue weighted by Crippen LogP contribution is 2.34. The number of hydrogen-bond donors (Lipinski definition) is 1. The zero-order valence-electron chi connectivity index (χ0n) is 12.0. The van der Waals surface area contributed by atoms with E-state index in [9.17, 15) is 14.9 Å². The molecule has 0 fully saturated rings. The van der Waals surface area contributed by atoms with Crippen LogP contribution in [0.1, 0.15) is 24.5 Å². The third-order valence-electron chi connectivity index (χ3n) is 3.06. The van der Waals surface area contributed by atoms with Gasteiger partial charge in [-0.15, -0.1) is 0 Å². The Hall–Kier alpha value is -3.12. The molecule has 110 valence electrons. The maximum absolute atomic E-state index is 14.1. The molecule has 0 radical (unpaired) electrons. The van der Waals surface area contributed by atoms with Crippen molar-refractivity contribution in [1.29, 1.82) is 10.5 Å². The average molecular weight is 297 g/mol. The highest BCUT2D eigenvalue weighted by molar-refractivity contribution is 5.81. The smallest absolute Gasteiger partial charge is 0.301 e. The lowest BCUT2D eigenvalue weighted by Crippen LogP contribution is -2.20. The van der Waals surface area contributed by atoms with Gasteiger partial charge in [-0.2, -0.15) is 10.5 Å². The zero-order chi connectivity index (χ0) is 16.1. The molecule has 6 heteroatoms. The number of halogens is 1. The summed E-state index contributed by atoms with van der Waals surface area (Å²) >= 11 is 0. The summed E-state index contributed by atoms with van der Waals surface area (Å²) in [4.78, 5) is 2.70. The lowest BCUT2D eigenvalue weighted by atomic mass is 9.96. The number of benzene rings is 1. The summed E-state index contributed by atoms with van der Waals surface area (Å²) in [5, 5.41) is 18.8. The summed E-state index contributed by atoms with van der Waals surface area (Å²) in [6.07, 6.45) is 0.730. The topological polar surface area (TPSA) is 97.0 Å². The summed E-state index contributed by atoms with van der Waals surface area (Å²) in [7, 11) is 0. The van der Waals surface area contributed by atoms with Crippen LogP contribution in [0, 0.1) is 28.5 Å². The molecule has 0 amide bonds. The molecule has 0 aliphatic rings. The third-order valence-corrected chi connectivity index (χ3v) is 3.06. The molecule has 0 spiro atoms. The minimum Gasteiger partial charge on any atom is -0.461 e. The Kier molecular flexibility index (Phi) is 4.55. The van der Waals surface area contributed by atoms with Crippen molar-refractivity contribution in [3.05, 3.63) is 41.2 Å². The van der Waals surface area contributed by atoms with Crippen LogP contribution < -0.4 is 15.5 Å². The van der Waals surface area contributed by atoms with Crippen molar-refractivity contribution in [3.8, 4) is 29.1 Å². The Morgan fingerprint density at radius 2 is 1.91 bits per heavy atom. The molecule has 1 aromatic carbocycles. The quantitative estimate of drug-likeness (QED) is 0.937. The number of nitrogen functional groups attached to an aromatic ring is 1. The van der Waals surface area contributed by atoms with E-state index in [-0.39, 0.29) is 34.0 Å². The van der Waals surface area contributed by atoms with Gasteiger partial charge in [0.2, 0.25) is 0 Å². The van der Waals surface area contributed by atoms with Gasteiger partial charge in [0.1, 0.15) is 23.5 Å². The van der Waals surface area contributed by atoms with E-state index in [1.54, 1.807) is 6.07 Å². The number of nitriles is 2. The van der Waals surface area contributed by atoms with Crippen molar-refractivity contribution in [1.82, 2.24) is 0 Å². The standard InChI is InChI=1S/C16H13FN4O/c1-2-7-22-16-12(9-19)14(11(8-18)15(20)21-16)10-5-3-4-6-13(10)17/h3-6H,2,7H2,1H3,(H2,20,21)/p+1. The maximum Gasteiger partial charge on any atom is 0.301 e. The van der Waals surface area contributed by atoms with Gasteiger partial charge in [0, 0.05) is 11.1 Å². The lowest BCUT2D eigenvalue weighted by Gasteiger charge is -2.11. The molecule has 0 aliphatic heterocycles. The van der Waals surface area contributed by atoms with Gasteiger partial charge in [-0.3, -0.25) is 5.73 Å². The average Bonchev–Trinajstić information content (AvgIpc) is 2.52. The van der Waals surface area contributed by atoms with E-state index in [2.05, 4.69) is 4.98 Å². The monoisotopic (exact) mass is 297 g/mol. The van der Waals surface area contributed by atoms with E-state index in [0.29, 0.717) is 6.61 Å². The van der Waals surface area contributed by atoms with Gasteiger partial charge in [-0.05, 0) is 12.5 Å². The van der Waals surface area contributed by atoms with Crippen molar-refractivity contribution >= 4 is 5.82 Å². The van der Waals surface area contributed by atoms with E-state index >= 15 is 0 Å². The SMILES string of the molecule is CCCOc1[nH+]c(N)c(C#N)c(-c2ccccc2F)c1C#N. The molecule has 1 aromatic heterocycles. The van der Waals surface area contributed by atoms with Crippen molar-refractivity contribution in [3.63, 3.8) is 0 Å². The first kappa shape index (κ1) is 15.3. The highest BCUT2D eigenvalue weighted by Gasteiger charge is 2.26. The molecule has 0 saturated heterocycles. The number of H-pyrrole nitrogens is 1. The van der Waals surface area contributed by atoms with Crippen LogP contribution in [-0.4, -0.2) is 6.61 Å². The predicted octanol–water partition coefficient (Wildman–Crippen LogP) is 2.42. The van der Waals surface area contributed by atoms with Crippen LogP contribution in [0.3, 0.4) is 0 Å². The fourth-order valence-electron chi connectivity index (χ4n) is 2.09. The largest absolute Gasteiger partial charge is 0.461 e. The van der Waals surface area contributed by atoms with Crippen LogP contribution in [0.5, 0.6) is 5.88 Å². The van der Waals surface area contributed by atoms with Gasteiger partial charge in [0.15, 0.2) is 5.56 Å². The number of hydrogen-bond acceptors (Lipinski definition) is 4. The number of nitrogens with zero attached hydrogens (tertiary/aromatic N) is 2. The van der Waals surface area contributed by atoms with Gasteiger partial charge in [-0.25, -0.2) is 9.37 Å². The molecule has 0 saturated carbocycles. The van der Waals surface area contributed by atoms with Gasteiger partial charge in [0.05, 0.1) is 6.61 Å². The molecule has 0 aliphatic carbocycles.